The number of hydrogen-bond donors (Lipinski definition) is 0. The lowest BCUT2D eigenvalue weighted by molar-refractivity contribution is 0.310. The van der Waals surface area contributed by atoms with E-state index >= 15 is 0 Å². The zero-order chi connectivity index (χ0) is 12.4. The molecule has 3 unspecified atom stereocenters. The predicted octanol–water partition coefficient (Wildman–Crippen LogP) is 5.29. The molecule has 0 amide bonds. The fraction of sp³-hybridized carbons (Fsp3) is 0.647. The van der Waals surface area contributed by atoms with Crippen LogP contribution in [0.3, 0.4) is 0 Å². The van der Waals surface area contributed by atoms with Crippen LogP contribution in [0.2, 0.25) is 0 Å². The van der Waals surface area contributed by atoms with E-state index in [2.05, 4.69) is 24.3 Å². The molecule has 1 aromatic rings. The van der Waals surface area contributed by atoms with Gasteiger partial charge in [0.2, 0.25) is 0 Å². The quantitative estimate of drug-likeness (QED) is 0.635. The molecule has 0 aromatic heterocycles. The van der Waals surface area contributed by atoms with Gasteiger partial charge in [-0.05, 0) is 61.5 Å². The molecule has 1 heteroatoms. The number of benzene rings is 1. The van der Waals surface area contributed by atoms with Crippen molar-refractivity contribution in [3.05, 3.63) is 35.4 Å². The molecule has 3 rings (SSSR count). The van der Waals surface area contributed by atoms with Gasteiger partial charge in [0.05, 0.1) is 0 Å². The first-order valence-corrected chi connectivity index (χ1v) is 7.98. The Balaban J connectivity index is 1.70. The summed E-state index contributed by atoms with van der Waals surface area (Å²) in [6.07, 6.45) is 10.7. The van der Waals surface area contributed by atoms with Crippen LogP contribution in [0, 0.1) is 5.92 Å². The van der Waals surface area contributed by atoms with Gasteiger partial charge in [-0.1, -0.05) is 37.1 Å². The molecule has 2 aliphatic rings. The van der Waals surface area contributed by atoms with E-state index in [9.17, 15) is 0 Å². The Hall–Kier alpha value is -0.490. The summed E-state index contributed by atoms with van der Waals surface area (Å²) in [5.41, 5.74) is 3.24. The first kappa shape index (κ1) is 12.5. The summed E-state index contributed by atoms with van der Waals surface area (Å²) in [6, 6.07) is 9.09. The number of rotatable bonds is 2. The van der Waals surface area contributed by atoms with E-state index in [1.807, 2.05) is 0 Å². The first-order valence-electron chi connectivity index (χ1n) is 7.55. The van der Waals surface area contributed by atoms with Crippen molar-refractivity contribution < 1.29 is 0 Å². The van der Waals surface area contributed by atoms with Gasteiger partial charge in [0.1, 0.15) is 0 Å². The Kier molecular flexibility index (Phi) is 3.94. The second-order valence-electron chi connectivity index (χ2n) is 6.15. The van der Waals surface area contributed by atoms with Crippen LogP contribution >= 0.6 is 11.6 Å². The van der Waals surface area contributed by atoms with E-state index in [0.717, 1.165) is 11.8 Å². The Bertz CT molecular complexity index is 398. The molecule has 98 valence electrons. The summed E-state index contributed by atoms with van der Waals surface area (Å²) in [6.45, 7) is 0. The Morgan fingerprint density at radius 3 is 2.83 bits per heavy atom. The molecule has 0 aliphatic heterocycles. The van der Waals surface area contributed by atoms with Gasteiger partial charge in [-0.25, -0.2) is 0 Å². The summed E-state index contributed by atoms with van der Waals surface area (Å²) in [5.74, 6) is 1.68. The van der Waals surface area contributed by atoms with Crippen LogP contribution in [-0.2, 0) is 6.42 Å². The molecule has 1 aromatic carbocycles. The number of halogens is 1. The molecular formula is C17H23Cl. The molecule has 2 aliphatic carbocycles. The van der Waals surface area contributed by atoms with Crippen molar-refractivity contribution in [2.24, 2.45) is 5.92 Å². The summed E-state index contributed by atoms with van der Waals surface area (Å²) in [5, 5.41) is 0.447. The maximum absolute atomic E-state index is 6.33. The topological polar surface area (TPSA) is 0 Å². The molecular weight excluding hydrogens is 240 g/mol. The Labute approximate surface area is 116 Å². The second-order valence-corrected chi connectivity index (χ2v) is 6.77. The van der Waals surface area contributed by atoms with Crippen molar-refractivity contribution in [2.45, 2.75) is 62.7 Å². The summed E-state index contributed by atoms with van der Waals surface area (Å²) in [7, 11) is 0. The van der Waals surface area contributed by atoms with Gasteiger partial charge >= 0.3 is 0 Å². The highest BCUT2D eigenvalue weighted by Gasteiger charge is 2.26. The molecule has 0 bridgehead atoms. The van der Waals surface area contributed by atoms with E-state index in [1.165, 1.54) is 51.4 Å². The molecule has 0 radical (unpaired) electrons. The third kappa shape index (κ3) is 2.74. The fourth-order valence-electron chi connectivity index (χ4n) is 3.94. The SMILES string of the molecule is ClC1CCCC(CC2CCCc3ccccc32)C1. The average molecular weight is 263 g/mol. The van der Waals surface area contributed by atoms with Crippen LogP contribution in [0.1, 0.15) is 62.0 Å². The monoisotopic (exact) mass is 262 g/mol. The van der Waals surface area contributed by atoms with Gasteiger partial charge in [0, 0.05) is 5.38 Å². The molecule has 0 nitrogen and oxygen atoms in total. The van der Waals surface area contributed by atoms with Gasteiger partial charge in [-0.2, -0.15) is 0 Å². The van der Waals surface area contributed by atoms with Crippen LogP contribution in [0.5, 0.6) is 0 Å². The predicted molar refractivity (Wildman–Crippen MR) is 78.3 cm³/mol. The van der Waals surface area contributed by atoms with E-state index in [4.69, 9.17) is 11.6 Å². The lowest BCUT2D eigenvalue weighted by Gasteiger charge is -2.32. The van der Waals surface area contributed by atoms with Crippen LogP contribution in [0.4, 0.5) is 0 Å². The maximum Gasteiger partial charge on any atom is 0.0338 e. The molecule has 1 fully saturated rings. The van der Waals surface area contributed by atoms with Crippen LogP contribution in [0.25, 0.3) is 0 Å². The normalized spacial score (nSPS) is 31.9. The smallest absolute Gasteiger partial charge is 0.0338 e. The average Bonchev–Trinajstić information content (AvgIpc) is 2.39. The third-order valence-corrected chi connectivity index (χ3v) is 5.23. The van der Waals surface area contributed by atoms with Crippen molar-refractivity contribution in [3.8, 4) is 0 Å². The van der Waals surface area contributed by atoms with Crippen molar-refractivity contribution in [3.63, 3.8) is 0 Å². The maximum atomic E-state index is 6.33. The summed E-state index contributed by atoms with van der Waals surface area (Å²) >= 11 is 6.33. The fourth-order valence-corrected chi connectivity index (χ4v) is 4.35. The second kappa shape index (κ2) is 5.65. The van der Waals surface area contributed by atoms with Crippen molar-refractivity contribution in [1.82, 2.24) is 0 Å². The highest BCUT2D eigenvalue weighted by atomic mass is 35.5. The van der Waals surface area contributed by atoms with Crippen LogP contribution < -0.4 is 0 Å². The van der Waals surface area contributed by atoms with Gasteiger partial charge in [-0.3, -0.25) is 0 Å². The standard InChI is InChI=1S/C17H23Cl/c18-16-9-3-5-13(12-16)11-15-8-4-7-14-6-1-2-10-17(14)15/h1-2,6,10,13,15-16H,3-5,7-9,11-12H2. The summed E-state index contributed by atoms with van der Waals surface area (Å²) in [4.78, 5) is 0. The molecule has 0 N–H and O–H groups in total. The first-order chi connectivity index (χ1) is 8.83. The number of alkyl halides is 1. The van der Waals surface area contributed by atoms with Crippen LogP contribution in [0.15, 0.2) is 24.3 Å². The van der Waals surface area contributed by atoms with Gasteiger partial charge in [-0.15, -0.1) is 11.6 Å². The lowest BCUT2D eigenvalue weighted by Crippen LogP contribution is -2.19. The zero-order valence-corrected chi connectivity index (χ0v) is 11.8. The highest BCUT2D eigenvalue weighted by Crippen LogP contribution is 2.40. The van der Waals surface area contributed by atoms with Crippen molar-refractivity contribution in [2.75, 3.05) is 0 Å². The van der Waals surface area contributed by atoms with Crippen molar-refractivity contribution in [1.29, 1.82) is 0 Å². The minimum absolute atomic E-state index is 0.447. The minimum Gasteiger partial charge on any atom is -0.123 e. The molecule has 3 atom stereocenters. The third-order valence-electron chi connectivity index (χ3n) is 4.83. The van der Waals surface area contributed by atoms with E-state index in [0.29, 0.717) is 5.38 Å². The molecule has 1 saturated carbocycles. The molecule has 0 heterocycles. The Morgan fingerprint density at radius 1 is 1.06 bits per heavy atom. The highest BCUT2D eigenvalue weighted by molar-refractivity contribution is 6.20. The zero-order valence-electron chi connectivity index (χ0n) is 11.1. The number of fused-ring (bicyclic) bond motifs is 1. The summed E-state index contributed by atoms with van der Waals surface area (Å²) < 4.78 is 0. The van der Waals surface area contributed by atoms with E-state index in [-0.39, 0.29) is 0 Å². The van der Waals surface area contributed by atoms with Gasteiger partial charge in [0.25, 0.3) is 0 Å². The largest absolute Gasteiger partial charge is 0.123 e. The minimum atomic E-state index is 0.447. The van der Waals surface area contributed by atoms with E-state index < -0.39 is 0 Å². The molecule has 18 heavy (non-hydrogen) atoms. The Morgan fingerprint density at radius 2 is 1.94 bits per heavy atom. The van der Waals surface area contributed by atoms with Crippen LogP contribution in [-0.4, -0.2) is 5.38 Å². The number of aryl methyl sites for hydroxylation is 1. The number of hydrogen-bond acceptors (Lipinski definition) is 0. The van der Waals surface area contributed by atoms with Crippen molar-refractivity contribution >= 4 is 11.6 Å². The molecule has 0 spiro atoms. The van der Waals surface area contributed by atoms with E-state index in [1.54, 1.807) is 11.1 Å². The van der Waals surface area contributed by atoms with Gasteiger partial charge < -0.3 is 0 Å². The lowest BCUT2D eigenvalue weighted by atomic mass is 9.75. The van der Waals surface area contributed by atoms with Gasteiger partial charge in [0.15, 0.2) is 0 Å². The molecule has 0 saturated heterocycles.